The van der Waals surface area contributed by atoms with Crippen LogP contribution in [0.25, 0.3) is 0 Å². The molecule has 0 saturated carbocycles. The first-order valence-corrected chi connectivity index (χ1v) is 9.50. The fourth-order valence-electron chi connectivity index (χ4n) is 2.99. The molecular weight excluding hydrogens is 382 g/mol. The first-order valence-electron chi connectivity index (χ1n) is 8.96. The maximum absolute atomic E-state index is 12.6. The Morgan fingerprint density at radius 2 is 1.93 bits per heavy atom. The van der Waals surface area contributed by atoms with Gasteiger partial charge in [-0.15, -0.1) is 16.5 Å². The number of carbonyl (C=O) groups is 1. The number of urea groups is 1. The zero-order chi connectivity index (χ0) is 20.9. The summed E-state index contributed by atoms with van der Waals surface area (Å²) in [6.07, 6.45) is -6.09. The van der Waals surface area contributed by atoms with Gasteiger partial charge in [-0.2, -0.15) is 5.01 Å². The van der Waals surface area contributed by atoms with Crippen molar-refractivity contribution in [3.63, 3.8) is 0 Å². The fraction of sp³-hybridized carbons (Fsp3) is 0.938. The van der Waals surface area contributed by atoms with Crippen LogP contribution in [-0.2, 0) is 4.74 Å². The molecule has 11 heteroatoms. The van der Waals surface area contributed by atoms with Crippen LogP contribution in [0.2, 0.25) is 0 Å². The van der Waals surface area contributed by atoms with E-state index >= 15 is 0 Å². The van der Waals surface area contributed by atoms with E-state index in [1.807, 2.05) is 0 Å². The zero-order valence-electron chi connectivity index (χ0n) is 16.0. The van der Waals surface area contributed by atoms with Gasteiger partial charge in [0.1, 0.15) is 18.3 Å². The van der Waals surface area contributed by atoms with Crippen molar-refractivity contribution in [2.24, 2.45) is 17.1 Å². The first kappa shape index (κ1) is 24.0. The monoisotopic (exact) mass is 411 g/mol. The molecule has 27 heavy (non-hydrogen) atoms. The molecule has 0 radical (unpaired) electrons. The molecule has 0 aromatic carbocycles. The van der Waals surface area contributed by atoms with Gasteiger partial charge in [0, 0.05) is 18.3 Å². The number of amides is 2. The van der Waals surface area contributed by atoms with Crippen LogP contribution >= 0.6 is 11.6 Å². The minimum atomic E-state index is -2.08. The molecule has 1 fully saturated rings. The third-order valence-electron chi connectivity index (χ3n) is 4.76. The Kier molecular flexibility index (Phi) is 8.84. The second-order valence-corrected chi connectivity index (χ2v) is 7.59. The third kappa shape index (κ3) is 5.07. The van der Waals surface area contributed by atoms with Gasteiger partial charge in [-0.25, -0.2) is 4.79 Å². The summed E-state index contributed by atoms with van der Waals surface area (Å²) in [6.45, 7) is 6.80. The highest BCUT2D eigenvalue weighted by atomic mass is 35.5. The Morgan fingerprint density at radius 3 is 2.37 bits per heavy atom. The third-order valence-corrected chi connectivity index (χ3v) is 4.93. The Bertz CT molecular complexity index is 512. The number of carbonyl (C=O) groups excluding carboxylic acids is 1. The Morgan fingerprint density at radius 1 is 1.33 bits per heavy atom. The van der Waals surface area contributed by atoms with E-state index in [-0.39, 0.29) is 24.9 Å². The highest BCUT2D eigenvalue weighted by molar-refractivity contribution is 6.18. The molecule has 0 aromatic rings. The number of aliphatic hydroxyl groups excluding tert-OH is 3. The number of hydrogen-bond donors (Lipinski definition) is 4. The lowest BCUT2D eigenvalue weighted by Crippen LogP contribution is -2.55. The van der Waals surface area contributed by atoms with Crippen LogP contribution in [0.4, 0.5) is 4.79 Å². The van der Waals surface area contributed by atoms with E-state index in [1.54, 1.807) is 27.7 Å². The van der Waals surface area contributed by atoms with E-state index in [9.17, 15) is 30.1 Å². The molecule has 1 aliphatic heterocycles. The van der Waals surface area contributed by atoms with Crippen LogP contribution in [0.15, 0.2) is 5.29 Å². The smallest absolute Gasteiger partial charge is 0.345 e. The molecule has 0 bridgehead atoms. The Labute approximate surface area is 163 Å². The van der Waals surface area contributed by atoms with Crippen LogP contribution in [0.3, 0.4) is 0 Å². The van der Waals surface area contributed by atoms with E-state index in [1.165, 1.54) is 0 Å². The van der Waals surface area contributed by atoms with Gasteiger partial charge < -0.3 is 25.2 Å². The number of halogens is 1. The summed E-state index contributed by atoms with van der Waals surface area (Å²) in [5.41, 5.74) is 0. The number of nitrogens with zero attached hydrogens (tertiary/aromatic N) is 3. The van der Waals surface area contributed by atoms with E-state index in [0.717, 1.165) is 4.90 Å². The molecule has 2 unspecified atom stereocenters. The van der Waals surface area contributed by atoms with E-state index in [4.69, 9.17) is 16.3 Å². The van der Waals surface area contributed by atoms with Gasteiger partial charge in [0.05, 0.1) is 11.8 Å². The van der Waals surface area contributed by atoms with Crippen molar-refractivity contribution in [3.8, 4) is 0 Å². The normalized spacial score (nSPS) is 30.2. The van der Waals surface area contributed by atoms with E-state index in [0.29, 0.717) is 11.4 Å². The highest BCUT2D eigenvalue weighted by Gasteiger charge is 2.58. The maximum Gasteiger partial charge on any atom is 0.345 e. The van der Waals surface area contributed by atoms with Crippen LogP contribution in [0.5, 0.6) is 0 Å². The number of nitroso groups, excluding NO2 is 1. The van der Waals surface area contributed by atoms with Gasteiger partial charge in [-0.1, -0.05) is 27.7 Å². The van der Waals surface area contributed by atoms with Crippen molar-refractivity contribution < 1.29 is 30.0 Å². The van der Waals surface area contributed by atoms with E-state index in [2.05, 4.69) is 5.29 Å². The minimum Gasteiger partial charge on any atom is -0.387 e. The average molecular weight is 412 g/mol. The van der Waals surface area contributed by atoms with Gasteiger partial charge >= 0.3 is 6.03 Å². The molecule has 1 aliphatic rings. The van der Waals surface area contributed by atoms with Gasteiger partial charge in [-0.05, 0) is 12.3 Å². The van der Waals surface area contributed by atoms with Crippen LogP contribution in [-0.4, -0.2) is 85.7 Å². The van der Waals surface area contributed by atoms with Crippen molar-refractivity contribution in [2.75, 3.05) is 19.0 Å². The molecule has 0 aromatic heterocycles. The number of alkyl halides is 1. The molecular formula is C16H30ClN3O7. The number of hydrogen-bond acceptors (Lipinski definition) is 8. The minimum absolute atomic E-state index is 0.0126. The summed E-state index contributed by atoms with van der Waals surface area (Å²) >= 11 is 5.56. The van der Waals surface area contributed by atoms with Crippen LogP contribution in [0, 0.1) is 16.7 Å². The van der Waals surface area contributed by atoms with Crippen molar-refractivity contribution in [1.82, 2.24) is 9.91 Å². The van der Waals surface area contributed by atoms with Crippen molar-refractivity contribution in [3.05, 3.63) is 4.91 Å². The number of ether oxygens (including phenoxy) is 1. The summed E-state index contributed by atoms with van der Waals surface area (Å²) < 4.78 is 5.43. The molecule has 0 spiro atoms. The lowest BCUT2D eigenvalue weighted by atomic mass is 9.91. The van der Waals surface area contributed by atoms with E-state index < -0.39 is 42.3 Å². The molecule has 0 aliphatic carbocycles. The highest BCUT2D eigenvalue weighted by Crippen LogP contribution is 2.38. The molecule has 1 rings (SSSR count). The first-order chi connectivity index (χ1) is 12.5. The fourth-order valence-corrected chi connectivity index (χ4v) is 3.15. The molecule has 1 saturated heterocycles. The van der Waals surface area contributed by atoms with Crippen molar-refractivity contribution in [2.45, 2.75) is 64.4 Å². The SMILES string of the molecule is CCC(C)[C@@]1(O)O[C@@H](C(O)N(CC(C)C)C(=O)N(CCCl)N=O)[C@@H](O)[C@H]1O. The lowest BCUT2D eigenvalue weighted by molar-refractivity contribution is -0.269. The predicted octanol–water partition coefficient (Wildman–Crippen LogP) is 0.460. The Balaban J connectivity index is 3.13. The predicted molar refractivity (Wildman–Crippen MR) is 97.5 cm³/mol. The largest absolute Gasteiger partial charge is 0.387 e. The maximum atomic E-state index is 12.6. The number of rotatable bonds is 9. The molecule has 4 N–H and O–H groups in total. The average Bonchev–Trinajstić information content (AvgIpc) is 2.87. The molecule has 158 valence electrons. The van der Waals surface area contributed by atoms with Crippen molar-refractivity contribution >= 4 is 17.6 Å². The topological polar surface area (TPSA) is 143 Å². The lowest BCUT2D eigenvalue weighted by Gasteiger charge is -2.36. The second kappa shape index (κ2) is 9.94. The molecule has 10 nitrogen and oxygen atoms in total. The van der Waals surface area contributed by atoms with Gasteiger partial charge in [-0.3, -0.25) is 4.90 Å². The Hall–Kier alpha value is -1.04. The van der Waals surface area contributed by atoms with Crippen molar-refractivity contribution in [1.29, 1.82) is 0 Å². The van der Waals surface area contributed by atoms with Gasteiger partial charge in [0.2, 0.25) is 0 Å². The van der Waals surface area contributed by atoms with Gasteiger partial charge in [0.15, 0.2) is 12.0 Å². The zero-order valence-corrected chi connectivity index (χ0v) is 16.8. The van der Waals surface area contributed by atoms with Crippen LogP contribution in [0.1, 0.15) is 34.1 Å². The molecule has 1 heterocycles. The summed E-state index contributed by atoms with van der Waals surface area (Å²) in [7, 11) is 0. The molecule has 6 atom stereocenters. The van der Waals surface area contributed by atoms with Gasteiger partial charge in [0.25, 0.3) is 0 Å². The second-order valence-electron chi connectivity index (χ2n) is 7.22. The summed E-state index contributed by atoms with van der Waals surface area (Å²) in [5.74, 6) is -2.77. The summed E-state index contributed by atoms with van der Waals surface area (Å²) in [4.78, 5) is 24.5. The summed E-state index contributed by atoms with van der Waals surface area (Å²) in [5, 5.41) is 45.1. The molecule has 2 amide bonds. The summed E-state index contributed by atoms with van der Waals surface area (Å²) in [6, 6.07) is -0.920. The quantitative estimate of drug-likeness (QED) is 0.187. The number of aliphatic hydroxyl groups is 4. The van der Waals surface area contributed by atoms with Crippen LogP contribution < -0.4 is 0 Å². The standard InChI is InChI=1S/C16H30ClN3O7/c1-5-10(4)16(25)13(22)11(21)12(27-16)14(23)19(8-9(2)3)15(24)20(18-26)7-6-17/h9-14,21-23,25H,5-8H2,1-4H3/t10?,11-,12-,13-,14?,16-/m1/s1.